The van der Waals surface area contributed by atoms with E-state index in [9.17, 15) is 4.79 Å². The van der Waals surface area contributed by atoms with Gasteiger partial charge in [-0.3, -0.25) is 4.79 Å². The maximum Gasteiger partial charge on any atom is 0.174 e. The third-order valence-electron chi connectivity index (χ3n) is 2.37. The van der Waals surface area contributed by atoms with Gasteiger partial charge in [-0.05, 0) is 34.1 Å². The van der Waals surface area contributed by atoms with Crippen molar-refractivity contribution in [2.24, 2.45) is 0 Å². The second-order valence-corrected chi connectivity index (χ2v) is 6.35. The molecular weight excluding hydrogens is 376 g/mol. The zero-order valence-corrected chi connectivity index (χ0v) is 13.4. The Morgan fingerprint density at radius 3 is 2.22 bits per heavy atom. The molecule has 0 aliphatic carbocycles. The Kier molecular flexibility index (Phi) is 5.03. The first-order chi connectivity index (χ1) is 8.68. The lowest BCUT2D eigenvalue weighted by atomic mass is 10.1. The van der Waals surface area contributed by atoms with Gasteiger partial charge in [0, 0.05) is 19.4 Å². The lowest BCUT2D eigenvalue weighted by Gasteiger charge is -2.05. The lowest BCUT2D eigenvalue weighted by Crippen LogP contribution is -2.03. The summed E-state index contributed by atoms with van der Waals surface area (Å²) < 4.78 is 1.87. The normalized spacial score (nSPS) is 10.3. The third-order valence-corrected chi connectivity index (χ3v) is 5.09. The highest BCUT2D eigenvalue weighted by atomic mass is 79.9. The van der Waals surface area contributed by atoms with Crippen molar-refractivity contribution in [1.82, 2.24) is 0 Å². The fourth-order valence-corrected chi connectivity index (χ4v) is 3.43. The second-order valence-electron chi connectivity index (χ2n) is 3.62. The highest BCUT2D eigenvalue weighted by molar-refractivity contribution is 9.10. The molecule has 92 valence electrons. The average Bonchev–Trinajstić information content (AvgIpc) is 2.38. The van der Waals surface area contributed by atoms with Crippen molar-refractivity contribution in [3.05, 3.63) is 63.0 Å². The summed E-state index contributed by atoms with van der Waals surface area (Å²) in [5.41, 5.74) is 0.733. The molecule has 0 saturated carbocycles. The van der Waals surface area contributed by atoms with E-state index in [1.165, 1.54) is 0 Å². The minimum Gasteiger partial charge on any atom is -0.293 e. The van der Waals surface area contributed by atoms with Crippen molar-refractivity contribution >= 4 is 49.4 Å². The van der Waals surface area contributed by atoms with Crippen LogP contribution in [-0.4, -0.2) is 11.5 Å². The number of hydrogen-bond acceptors (Lipinski definition) is 2. The fourth-order valence-electron chi connectivity index (χ4n) is 1.47. The SMILES string of the molecule is O=C(CSc1ccccc1Br)c1ccccc1Br. The van der Waals surface area contributed by atoms with Gasteiger partial charge in [0.1, 0.15) is 0 Å². The van der Waals surface area contributed by atoms with Crippen molar-refractivity contribution in [3.8, 4) is 0 Å². The highest BCUT2D eigenvalue weighted by Crippen LogP contribution is 2.28. The predicted molar refractivity (Wildman–Crippen MR) is 83.3 cm³/mol. The zero-order chi connectivity index (χ0) is 13.0. The van der Waals surface area contributed by atoms with Crippen LogP contribution in [-0.2, 0) is 0 Å². The van der Waals surface area contributed by atoms with Gasteiger partial charge in [0.2, 0.25) is 0 Å². The monoisotopic (exact) mass is 384 g/mol. The van der Waals surface area contributed by atoms with Crippen LogP contribution >= 0.6 is 43.6 Å². The molecule has 0 spiro atoms. The maximum atomic E-state index is 12.1. The van der Waals surface area contributed by atoms with Crippen molar-refractivity contribution in [2.45, 2.75) is 4.90 Å². The maximum absolute atomic E-state index is 12.1. The van der Waals surface area contributed by atoms with E-state index >= 15 is 0 Å². The van der Waals surface area contributed by atoms with Gasteiger partial charge < -0.3 is 0 Å². The largest absolute Gasteiger partial charge is 0.293 e. The molecule has 0 amide bonds. The van der Waals surface area contributed by atoms with Crippen LogP contribution in [0, 0.1) is 0 Å². The van der Waals surface area contributed by atoms with Crippen LogP contribution in [0.5, 0.6) is 0 Å². The summed E-state index contributed by atoms with van der Waals surface area (Å²) in [6.07, 6.45) is 0. The molecule has 0 unspecified atom stereocenters. The quantitative estimate of drug-likeness (QED) is 0.532. The van der Waals surface area contributed by atoms with Crippen molar-refractivity contribution < 1.29 is 4.79 Å². The average molecular weight is 386 g/mol. The second kappa shape index (κ2) is 6.55. The van der Waals surface area contributed by atoms with Crippen molar-refractivity contribution in [2.75, 3.05) is 5.75 Å². The lowest BCUT2D eigenvalue weighted by molar-refractivity contribution is 0.102. The minimum atomic E-state index is 0.128. The topological polar surface area (TPSA) is 17.1 Å². The van der Waals surface area contributed by atoms with E-state index < -0.39 is 0 Å². The van der Waals surface area contributed by atoms with Gasteiger partial charge in [0.25, 0.3) is 0 Å². The summed E-state index contributed by atoms with van der Waals surface area (Å²) in [6.45, 7) is 0. The first-order valence-corrected chi connectivity index (χ1v) is 7.90. The molecule has 0 radical (unpaired) electrons. The Bertz CT molecular complexity index is 569. The Labute approximate surface area is 127 Å². The Morgan fingerprint density at radius 2 is 1.56 bits per heavy atom. The van der Waals surface area contributed by atoms with Gasteiger partial charge in [-0.25, -0.2) is 0 Å². The number of carbonyl (C=O) groups excluding carboxylic acids is 1. The molecule has 0 aliphatic heterocycles. The van der Waals surface area contributed by atoms with E-state index in [1.54, 1.807) is 11.8 Å². The number of carbonyl (C=O) groups is 1. The Morgan fingerprint density at radius 1 is 0.944 bits per heavy atom. The standard InChI is InChI=1S/C14H10Br2OS/c15-11-6-2-1-5-10(11)13(17)9-18-14-8-4-3-7-12(14)16/h1-8H,9H2. The Hall–Kier alpha value is -0.580. The molecule has 4 heteroatoms. The number of rotatable bonds is 4. The fraction of sp³-hybridized carbons (Fsp3) is 0.0714. The van der Waals surface area contributed by atoms with E-state index in [0.29, 0.717) is 5.75 Å². The van der Waals surface area contributed by atoms with Gasteiger partial charge in [0.15, 0.2) is 5.78 Å². The first-order valence-electron chi connectivity index (χ1n) is 5.33. The molecule has 0 saturated heterocycles. The van der Waals surface area contributed by atoms with E-state index in [-0.39, 0.29) is 5.78 Å². The van der Waals surface area contributed by atoms with Crippen LogP contribution < -0.4 is 0 Å². The minimum absolute atomic E-state index is 0.128. The van der Waals surface area contributed by atoms with E-state index in [0.717, 1.165) is 19.4 Å². The smallest absolute Gasteiger partial charge is 0.174 e. The van der Waals surface area contributed by atoms with Crippen LogP contribution in [0.1, 0.15) is 10.4 Å². The van der Waals surface area contributed by atoms with Crippen molar-refractivity contribution in [1.29, 1.82) is 0 Å². The van der Waals surface area contributed by atoms with Crippen LogP contribution in [0.25, 0.3) is 0 Å². The van der Waals surface area contributed by atoms with Crippen LogP contribution in [0.15, 0.2) is 62.4 Å². The number of halogens is 2. The molecule has 0 bridgehead atoms. The van der Waals surface area contributed by atoms with Gasteiger partial charge in [0.05, 0.1) is 5.75 Å². The number of thioether (sulfide) groups is 1. The first kappa shape index (κ1) is 13.8. The van der Waals surface area contributed by atoms with Crippen LogP contribution in [0.2, 0.25) is 0 Å². The van der Waals surface area contributed by atoms with Gasteiger partial charge in [-0.1, -0.05) is 46.3 Å². The van der Waals surface area contributed by atoms with Crippen molar-refractivity contribution in [3.63, 3.8) is 0 Å². The number of Topliss-reactive ketones (excluding diaryl/α,β-unsaturated/α-hetero) is 1. The van der Waals surface area contributed by atoms with Gasteiger partial charge in [-0.2, -0.15) is 0 Å². The number of ketones is 1. The van der Waals surface area contributed by atoms with Gasteiger partial charge >= 0.3 is 0 Å². The van der Waals surface area contributed by atoms with Crippen LogP contribution in [0.3, 0.4) is 0 Å². The molecule has 18 heavy (non-hydrogen) atoms. The number of benzene rings is 2. The molecule has 0 aromatic heterocycles. The van der Waals surface area contributed by atoms with Gasteiger partial charge in [-0.15, -0.1) is 11.8 Å². The highest BCUT2D eigenvalue weighted by Gasteiger charge is 2.10. The molecule has 0 atom stereocenters. The predicted octanol–water partition coefficient (Wildman–Crippen LogP) is 5.19. The summed E-state index contributed by atoms with van der Waals surface area (Å²) in [5, 5.41) is 0. The molecule has 2 rings (SSSR count). The molecule has 0 aliphatic rings. The molecular formula is C14H10Br2OS. The van der Waals surface area contributed by atoms with E-state index in [2.05, 4.69) is 31.9 Å². The summed E-state index contributed by atoms with van der Waals surface area (Å²) >= 11 is 8.42. The molecule has 0 heterocycles. The summed E-state index contributed by atoms with van der Waals surface area (Å²) in [7, 11) is 0. The zero-order valence-electron chi connectivity index (χ0n) is 9.40. The molecule has 2 aromatic carbocycles. The third kappa shape index (κ3) is 3.46. The van der Waals surface area contributed by atoms with E-state index in [1.807, 2.05) is 48.5 Å². The molecule has 2 aromatic rings. The molecule has 1 nitrogen and oxygen atoms in total. The summed E-state index contributed by atoms with van der Waals surface area (Å²) in [6, 6.07) is 15.4. The summed E-state index contributed by atoms with van der Waals surface area (Å²) in [4.78, 5) is 13.2. The molecule has 0 N–H and O–H groups in total. The summed E-state index contributed by atoms with van der Waals surface area (Å²) in [5.74, 6) is 0.564. The molecule has 0 fully saturated rings. The van der Waals surface area contributed by atoms with E-state index in [4.69, 9.17) is 0 Å². The van der Waals surface area contributed by atoms with Crippen LogP contribution in [0.4, 0.5) is 0 Å². The number of hydrogen-bond donors (Lipinski definition) is 0. The Balaban J connectivity index is 2.06.